The standard InChI is InChI=1S/C20H20F3NO7S/c1-24-7-6-17-14-11-2-3-12(31-32(26,27)20(21,22)23)15(14)30-16(17)19(28-8-9-29-19)5-4-18(17,25)13(24)10-11/h2-5,13,16,25H,6-10H2,1H3. The second kappa shape index (κ2) is 5.98. The van der Waals surface area contributed by atoms with Crippen molar-refractivity contribution in [1.29, 1.82) is 0 Å². The first-order valence-corrected chi connectivity index (χ1v) is 11.6. The lowest BCUT2D eigenvalue weighted by Crippen LogP contribution is -2.77. The topological polar surface area (TPSA) is 94.5 Å². The Morgan fingerprint density at radius 1 is 1.22 bits per heavy atom. The minimum absolute atomic E-state index is 0.121. The molecule has 8 nitrogen and oxygen atoms in total. The van der Waals surface area contributed by atoms with Crippen LogP contribution in [-0.4, -0.2) is 74.3 Å². The number of alkyl halides is 3. The summed E-state index contributed by atoms with van der Waals surface area (Å²) in [4.78, 5) is 2.04. The van der Waals surface area contributed by atoms with Crippen molar-refractivity contribution in [2.45, 2.75) is 47.3 Å². The summed E-state index contributed by atoms with van der Waals surface area (Å²) in [5, 5.41) is 12.0. The molecule has 2 bridgehead atoms. The van der Waals surface area contributed by atoms with E-state index in [1.165, 1.54) is 6.07 Å². The fraction of sp³-hybridized carbons (Fsp3) is 0.600. The molecule has 2 fully saturated rings. The van der Waals surface area contributed by atoms with Crippen molar-refractivity contribution >= 4 is 10.1 Å². The van der Waals surface area contributed by atoms with Gasteiger partial charge in [-0.2, -0.15) is 21.6 Å². The molecule has 4 atom stereocenters. The lowest BCUT2D eigenvalue weighted by molar-refractivity contribution is -0.237. The van der Waals surface area contributed by atoms with Crippen LogP contribution < -0.4 is 8.92 Å². The lowest BCUT2D eigenvalue weighted by Gasteiger charge is -2.62. The Balaban J connectivity index is 1.59. The molecule has 2 spiro atoms. The molecule has 0 radical (unpaired) electrons. The van der Waals surface area contributed by atoms with Crippen LogP contribution in [0.2, 0.25) is 0 Å². The maximum atomic E-state index is 13.0. The minimum atomic E-state index is -5.92. The van der Waals surface area contributed by atoms with Crippen LogP contribution in [0.25, 0.3) is 0 Å². The summed E-state index contributed by atoms with van der Waals surface area (Å²) in [6.07, 6.45) is 3.12. The summed E-state index contributed by atoms with van der Waals surface area (Å²) in [5.41, 5.74) is -6.91. The average Bonchev–Trinajstić information content (AvgIpc) is 3.31. The SMILES string of the molecule is CN1CCC23c4c5ccc(OS(=O)(=O)C(F)(F)F)c4OC2C2(C=CC3(O)C1C5)OCCO2. The van der Waals surface area contributed by atoms with Gasteiger partial charge in [-0.3, -0.25) is 4.90 Å². The van der Waals surface area contributed by atoms with Crippen LogP contribution >= 0.6 is 0 Å². The van der Waals surface area contributed by atoms with E-state index in [1.807, 2.05) is 11.9 Å². The number of likely N-dealkylation sites (N-methyl/N-ethyl adjacent to an activating group) is 1. The summed E-state index contributed by atoms with van der Waals surface area (Å²) < 4.78 is 85.0. The van der Waals surface area contributed by atoms with Gasteiger partial charge in [-0.25, -0.2) is 0 Å². The molecule has 0 aromatic heterocycles. The van der Waals surface area contributed by atoms with Crippen LogP contribution in [0.1, 0.15) is 17.5 Å². The highest BCUT2D eigenvalue weighted by Crippen LogP contribution is 2.66. The van der Waals surface area contributed by atoms with Crippen molar-refractivity contribution in [3.05, 3.63) is 35.4 Å². The number of rotatable bonds is 2. The first-order chi connectivity index (χ1) is 15.0. The molecule has 3 heterocycles. The Hall–Kier alpha value is -1.86. The van der Waals surface area contributed by atoms with Gasteiger partial charge in [-0.05, 0) is 50.2 Å². The number of nitrogens with zero attached hydrogens (tertiary/aromatic N) is 1. The molecule has 6 rings (SSSR count). The number of piperidine rings is 1. The number of hydrogen-bond acceptors (Lipinski definition) is 8. The summed E-state index contributed by atoms with van der Waals surface area (Å²) in [6.45, 7) is 1.13. The molecule has 12 heteroatoms. The molecule has 1 aromatic carbocycles. The van der Waals surface area contributed by atoms with E-state index in [9.17, 15) is 26.7 Å². The Kier molecular flexibility index (Phi) is 3.87. The van der Waals surface area contributed by atoms with Crippen molar-refractivity contribution < 1.29 is 45.1 Å². The summed E-state index contributed by atoms with van der Waals surface area (Å²) in [7, 11) is -4.01. The largest absolute Gasteiger partial charge is 0.534 e. The maximum Gasteiger partial charge on any atom is 0.534 e. The first-order valence-electron chi connectivity index (χ1n) is 10.2. The molecular formula is C20H20F3NO7S. The van der Waals surface area contributed by atoms with Gasteiger partial charge < -0.3 is 23.5 Å². The Morgan fingerprint density at radius 2 is 1.94 bits per heavy atom. The van der Waals surface area contributed by atoms with Crippen molar-refractivity contribution in [2.75, 3.05) is 26.8 Å². The van der Waals surface area contributed by atoms with E-state index in [-0.39, 0.29) is 25.0 Å². The molecule has 0 saturated carbocycles. The number of fused-ring (bicyclic) bond motifs is 1. The number of ether oxygens (including phenoxy) is 3. The van der Waals surface area contributed by atoms with Gasteiger partial charge >= 0.3 is 15.6 Å². The fourth-order valence-corrected chi connectivity index (χ4v) is 6.66. The van der Waals surface area contributed by atoms with E-state index in [2.05, 4.69) is 4.18 Å². The van der Waals surface area contributed by atoms with E-state index < -0.39 is 44.3 Å². The Labute approximate surface area is 181 Å². The van der Waals surface area contributed by atoms with E-state index in [1.54, 1.807) is 18.2 Å². The van der Waals surface area contributed by atoms with Crippen molar-refractivity contribution in [1.82, 2.24) is 4.90 Å². The fourth-order valence-electron chi connectivity index (χ4n) is 6.20. The molecule has 4 unspecified atom stereocenters. The molecule has 174 valence electrons. The summed E-state index contributed by atoms with van der Waals surface area (Å²) >= 11 is 0. The predicted molar refractivity (Wildman–Crippen MR) is 102 cm³/mol. The molecule has 3 aliphatic heterocycles. The molecular weight excluding hydrogens is 455 g/mol. The van der Waals surface area contributed by atoms with Gasteiger partial charge in [0.15, 0.2) is 17.6 Å². The number of halogens is 3. The first kappa shape index (κ1) is 20.7. The van der Waals surface area contributed by atoms with Crippen LogP contribution in [0, 0.1) is 0 Å². The molecule has 2 aliphatic carbocycles. The third-order valence-electron chi connectivity index (χ3n) is 7.52. The monoisotopic (exact) mass is 475 g/mol. The number of aliphatic hydroxyl groups is 1. The van der Waals surface area contributed by atoms with Gasteiger partial charge in [0, 0.05) is 11.6 Å². The van der Waals surface area contributed by atoms with Crippen LogP contribution in [0.3, 0.4) is 0 Å². The summed E-state index contributed by atoms with van der Waals surface area (Å²) in [6, 6.07) is 2.39. The van der Waals surface area contributed by atoms with Gasteiger partial charge in [0.05, 0.1) is 18.6 Å². The number of hydrogen-bond donors (Lipinski definition) is 1. The van der Waals surface area contributed by atoms with E-state index >= 15 is 0 Å². The average molecular weight is 475 g/mol. The van der Waals surface area contributed by atoms with Crippen LogP contribution in [0.4, 0.5) is 13.2 Å². The van der Waals surface area contributed by atoms with Gasteiger partial charge in [-0.1, -0.05) is 6.07 Å². The second-order valence-corrected chi connectivity index (χ2v) is 10.4. The van der Waals surface area contributed by atoms with Gasteiger partial charge in [0.1, 0.15) is 5.60 Å². The van der Waals surface area contributed by atoms with E-state index in [0.29, 0.717) is 24.9 Å². The minimum Gasteiger partial charge on any atom is -0.479 e. The zero-order valence-corrected chi connectivity index (χ0v) is 17.7. The predicted octanol–water partition coefficient (Wildman–Crippen LogP) is 1.22. The molecule has 5 aliphatic rings. The molecule has 32 heavy (non-hydrogen) atoms. The lowest BCUT2D eigenvalue weighted by atomic mass is 9.50. The van der Waals surface area contributed by atoms with Gasteiger partial charge in [0.25, 0.3) is 0 Å². The number of benzene rings is 1. The third-order valence-corrected chi connectivity index (χ3v) is 8.49. The molecule has 2 saturated heterocycles. The van der Waals surface area contributed by atoms with Crippen molar-refractivity contribution in [2.24, 2.45) is 0 Å². The van der Waals surface area contributed by atoms with E-state index in [4.69, 9.17) is 14.2 Å². The zero-order chi connectivity index (χ0) is 22.7. The summed E-state index contributed by atoms with van der Waals surface area (Å²) in [5.74, 6) is -2.04. The van der Waals surface area contributed by atoms with Gasteiger partial charge in [-0.15, -0.1) is 0 Å². The van der Waals surface area contributed by atoms with Gasteiger partial charge in [0.2, 0.25) is 5.79 Å². The maximum absolute atomic E-state index is 13.0. The highest BCUT2D eigenvalue weighted by molar-refractivity contribution is 7.88. The van der Waals surface area contributed by atoms with Crippen molar-refractivity contribution in [3.63, 3.8) is 0 Å². The van der Waals surface area contributed by atoms with E-state index in [0.717, 1.165) is 5.56 Å². The highest BCUT2D eigenvalue weighted by atomic mass is 32.2. The zero-order valence-electron chi connectivity index (χ0n) is 16.9. The Morgan fingerprint density at radius 3 is 2.62 bits per heavy atom. The smallest absolute Gasteiger partial charge is 0.479 e. The van der Waals surface area contributed by atoms with Crippen LogP contribution in [0.5, 0.6) is 11.5 Å². The van der Waals surface area contributed by atoms with Crippen LogP contribution in [0.15, 0.2) is 24.3 Å². The normalized spacial score (nSPS) is 36.8. The molecule has 0 amide bonds. The Bertz CT molecular complexity index is 1150. The second-order valence-electron chi connectivity index (χ2n) is 8.91. The molecule has 1 aromatic rings. The number of likely N-dealkylation sites (tertiary alicyclic amines) is 1. The molecule has 1 N–H and O–H groups in total. The third kappa shape index (κ3) is 2.24. The van der Waals surface area contributed by atoms with Crippen LogP contribution in [-0.2, 0) is 31.4 Å². The van der Waals surface area contributed by atoms with Crippen molar-refractivity contribution in [3.8, 4) is 11.5 Å². The quantitative estimate of drug-likeness (QED) is 0.388. The highest BCUT2D eigenvalue weighted by Gasteiger charge is 2.75.